The van der Waals surface area contributed by atoms with Crippen LogP contribution in [0.15, 0.2) is 6.07 Å². The summed E-state index contributed by atoms with van der Waals surface area (Å²) in [6.07, 6.45) is 1.44. The average molecular weight is 235 g/mol. The van der Waals surface area contributed by atoms with Gasteiger partial charge in [0.15, 0.2) is 0 Å². The van der Waals surface area contributed by atoms with Crippen LogP contribution < -0.4 is 10.6 Å². The number of hydrogen-bond donors (Lipinski definition) is 2. The third-order valence-electron chi connectivity index (χ3n) is 2.78. The van der Waals surface area contributed by atoms with Crippen molar-refractivity contribution in [3.63, 3.8) is 0 Å². The normalized spacial score (nSPS) is 12.2. The molecular formula is C12H21N5. The largest absolute Gasteiger partial charge is 0.388 e. The molecule has 1 unspecified atom stereocenters. The van der Waals surface area contributed by atoms with E-state index in [1.807, 2.05) is 31.9 Å². The Morgan fingerprint density at radius 2 is 2.18 bits per heavy atom. The summed E-state index contributed by atoms with van der Waals surface area (Å²) >= 11 is 0. The third-order valence-corrected chi connectivity index (χ3v) is 2.78. The Hall–Kier alpha value is -1.65. The van der Waals surface area contributed by atoms with E-state index in [1.54, 1.807) is 0 Å². The van der Waals surface area contributed by atoms with E-state index in [1.165, 1.54) is 0 Å². The fraction of sp³-hybridized carbons (Fsp3) is 0.583. The van der Waals surface area contributed by atoms with Gasteiger partial charge < -0.3 is 10.6 Å². The van der Waals surface area contributed by atoms with Gasteiger partial charge in [0.05, 0.1) is 5.84 Å². The molecule has 1 aromatic heterocycles. The number of hydrogen-bond acceptors (Lipinski definition) is 4. The van der Waals surface area contributed by atoms with Crippen LogP contribution in [0.2, 0.25) is 0 Å². The van der Waals surface area contributed by atoms with E-state index in [-0.39, 0.29) is 11.9 Å². The molecule has 0 fully saturated rings. The Bertz CT molecular complexity index is 402. The zero-order valence-corrected chi connectivity index (χ0v) is 11.0. The predicted octanol–water partition coefficient (Wildman–Crippen LogP) is 1.50. The quantitative estimate of drug-likeness (QED) is 0.599. The van der Waals surface area contributed by atoms with Gasteiger partial charge in [-0.1, -0.05) is 6.92 Å². The zero-order valence-electron chi connectivity index (χ0n) is 11.0. The van der Waals surface area contributed by atoms with Crippen molar-refractivity contribution in [1.82, 2.24) is 9.97 Å². The second-order valence-corrected chi connectivity index (χ2v) is 4.31. The minimum atomic E-state index is 0.159. The van der Waals surface area contributed by atoms with Crippen molar-refractivity contribution in [1.29, 1.82) is 5.41 Å². The Morgan fingerprint density at radius 1 is 1.53 bits per heavy atom. The summed E-state index contributed by atoms with van der Waals surface area (Å²) < 4.78 is 0. The van der Waals surface area contributed by atoms with Crippen molar-refractivity contribution < 1.29 is 0 Å². The van der Waals surface area contributed by atoms with E-state index in [2.05, 4.69) is 16.9 Å². The molecule has 17 heavy (non-hydrogen) atoms. The number of aromatic nitrogens is 2. The number of amidine groups is 1. The molecule has 0 saturated heterocycles. The third kappa shape index (κ3) is 3.69. The lowest BCUT2D eigenvalue weighted by Gasteiger charge is -2.26. The monoisotopic (exact) mass is 235 g/mol. The van der Waals surface area contributed by atoms with Crippen LogP contribution in [0, 0.1) is 12.3 Å². The second-order valence-electron chi connectivity index (χ2n) is 4.31. The molecule has 5 nitrogen and oxygen atoms in total. The first-order valence-corrected chi connectivity index (χ1v) is 5.84. The maximum Gasteiger partial charge on any atom is 0.132 e. The molecule has 1 rings (SSSR count). The molecule has 3 N–H and O–H groups in total. The van der Waals surface area contributed by atoms with Crippen LogP contribution in [0.3, 0.4) is 0 Å². The molecular weight excluding hydrogens is 214 g/mol. The summed E-state index contributed by atoms with van der Waals surface area (Å²) in [4.78, 5) is 10.8. The first kappa shape index (κ1) is 13.4. The van der Waals surface area contributed by atoms with Gasteiger partial charge in [-0.3, -0.25) is 5.41 Å². The molecule has 94 valence electrons. The maximum atomic E-state index is 7.32. The van der Waals surface area contributed by atoms with Gasteiger partial charge in [-0.05, 0) is 20.3 Å². The number of nitrogens with zero attached hydrogens (tertiary/aromatic N) is 3. The summed E-state index contributed by atoms with van der Waals surface area (Å²) in [5.74, 6) is 1.87. The average Bonchev–Trinajstić information content (AvgIpc) is 2.26. The highest BCUT2D eigenvalue weighted by atomic mass is 15.2. The standard InChI is InChI=1S/C12H21N5/c1-5-10-7-12(16-9(3)15-10)17(4)8(2)6-11(13)14/h7-8H,5-6H2,1-4H3,(H3,13,14). The van der Waals surface area contributed by atoms with Gasteiger partial charge in [0.1, 0.15) is 11.6 Å². The van der Waals surface area contributed by atoms with Crippen molar-refractivity contribution in [2.75, 3.05) is 11.9 Å². The summed E-state index contributed by atoms with van der Waals surface area (Å²) in [5, 5.41) is 7.32. The molecule has 0 spiro atoms. The highest BCUT2D eigenvalue weighted by molar-refractivity contribution is 5.77. The van der Waals surface area contributed by atoms with Crippen LogP contribution in [0.1, 0.15) is 31.8 Å². The Kier molecular flexibility index (Phi) is 4.43. The summed E-state index contributed by atoms with van der Waals surface area (Å²) in [7, 11) is 1.97. The summed E-state index contributed by atoms with van der Waals surface area (Å²) in [6, 6.07) is 2.15. The molecule has 0 amide bonds. The SMILES string of the molecule is CCc1cc(N(C)C(C)CC(=N)N)nc(C)n1. The number of nitrogens with two attached hydrogens (primary N) is 1. The van der Waals surface area contributed by atoms with Gasteiger partial charge in [0.25, 0.3) is 0 Å². The number of aryl methyl sites for hydroxylation is 2. The highest BCUT2D eigenvalue weighted by Gasteiger charge is 2.13. The lowest BCUT2D eigenvalue weighted by atomic mass is 10.2. The fourth-order valence-electron chi connectivity index (χ4n) is 1.65. The van der Waals surface area contributed by atoms with Crippen molar-refractivity contribution >= 4 is 11.7 Å². The van der Waals surface area contributed by atoms with Crippen molar-refractivity contribution in [2.24, 2.45) is 5.73 Å². The van der Waals surface area contributed by atoms with Crippen LogP contribution in [-0.2, 0) is 6.42 Å². The van der Waals surface area contributed by atoms with Crippen molar-refractivity contribution in [3.8, 4) is 0 Å². The van der Waals surface area contributed by atoms with Gasteiger partial charge in [-0.15, -0.1) is 0 Å². The Morgan fingerprint density at radius 3 is 2.71 bits per heavy atom. The van der Waals surface area contributed by atoms with E-state index >= 15 is 0 Å². The van der Waals surface area contributed by atoms with Gasteiger partial charge >= 0.3 is 0 Å². The van der Waals surface area contributed by atoms with Gasteiger partial charge in [-0.25, -0.2) is 9.97 Å². The first-order valence-electron chi connectivity index (χ1n) is 5.84. The Labute approximate surface area is 103 Å². The molecule has 5 heteroatoms. The molecule has 0 aliphatic heterocycles. The maximum absolute atomic E-state index is 7.32. The summed E-state index contributed by atoms with van der Waals surface area (Å²) in [6.45, 7) is 6.00. The lowest BCUT2D eigenvalue weighted by molar-refractivity contribution is 0.695. The molecule has 0 aromatic carbocycles. The van der Waals surface area contributed by atoms with Gasteiger partial charge in [0, 0.05) is 31.3 Å². The number of nitrogens with one attached hydrogen (secondary N) is 1. The van der Waals surface area contributed by atoms with Crippen LogP contribution in [0.25, 0.3) is 0 Å². The van der Waals surface area contributed by atoms with Crippen LogP contribution in [0.4, 0.5) is 5.82 Å². The van der Waals surface area contributed by atoms with E-state index in [0.717, 1.165) is 23.8 Å². The molecule has 0 saturated carbocycles. The summed E-state index contributed by atoms with van der Waals surface area (Å²) in [5.41, 5.74) is 6.46. The minimum Gasteiger partial charge on any atom is -0.388 e. The predicted molar refractivity (Wildman–Crippen MR) is 70.5 cm³/mol. The smallest absolute Gasteiger partial charge is 0.132 e. The van der Waals surface area contributed by atoms with Crippen molar-refractivity contribution in [3.05, 3.63) is 17.6 Å². The minimum absolute atomic E-state index is 0.159. The number of anilines is 1. The molecule has 0 bridgehead atoms. The molecule has 0 radical (unpaired) electrons. The zero-order chi connectivity index (χ0) is 13.0. The van der Waals surface area contributed by atoms with Gasteiger partial charge in [0.2, 0.25) is 0 Å². The molecule has 0 aliphatic carbocycles. The van der Waals surface area contributed by atoms with E-state index in [4.69, 9.17) is 11.1 Å². The first-order chi connectivity index (χ1) is 7.93. The van der Waals surface area contributed by atoms with E-state index in [0.29, 0.717) is 6.42 Å². The second kappa shape index (κ2) is 5.61. The Balaban J connectivity index is 2.91. The molecule has 1 atom stereocenters. The van der Waals surface area contributed by atoms with Crippen LogP contribution >= 0.6 is 0 Å². The number of rotatable bonds is 5. The molecule has 0 aliphatic rings. The fourth-order valence-corrected chi connectivity index (χ4v) is 1.65. The molecule has 1 heterocycles. The lowest BCUT2D eigenvalue weighted by Crippen LogP contribution is -2.33. The van der Waals surface area contributed by atoms with Crippen molar-refractivity contribution in [2.45, 2.75) is 39.7 Å². The van der Waals surface area contributed by atoms with Crippen LogP contribution in [0.5, 0.6) is 0 Å². The van der Waals surface area contributed by atoms with E-state index < -0.39 is 0 Å². The van der Waals surface area contributed by atoms with Crippen LogP contribution in [-0.4, -0.2) is 28.9 Å². The highest BCUT2D eigenvalue weighted by Crippen LogP contribution is 2.15. The van der Waals surface area contributed by atoms with Gasteiger partial charge in [-0.2, -0.15) is 0 Å². The topological polar surface area (TPSA) is 78.9 Å². The van der Waals surface area contributed by atoms with E-state index in [9.17, 15) is 0 Å². The molecule has 1 aromatic rings.